The number of hydrogen-bond acceptors (Lipinski definition) is 6. The molecule has 10 heteroatoms. The molecule has 1 saturated heterocycles. The molecule has 0 aromatic carbocycles. The number of sulfonamides is 1. The van der Waals surface area contributed by atoms with Gasteiger partial charge >= 0.3 is 5.97 Å². The van der Waals surface area contributed by atoms with Crippen LogP contribution in [0, 0.1) is 0 Å². The molecule has 140 valence electrons. The molecular weight excluding hydrogens is 368 g/mol. The third-order valence-corrected chi connectivity index (χ3v) is 7.40. The normalized spacial score (nSPS) is 18.0. The van der Waals surface area contributed by atoms with Crippen molar-refractivity contribution in [3.8, 4) is 0 Å². The maximum absolute atomic E-state index is 12.5. The average molecular weight is 390 g/mol. The smallest absolute Gasteiger partial charge is 0.331 e. The van der Waals surface area contributed by atoms with E-state index in [1.165, 1.54) is 24.4 Å². The Balaban J connectivity index is 2.05. The van der Waals surface area contributed by atoms with Gasteiger partial charge < -0.3 is 15.2 Å². The van der Waals surface area contributed by atoms with E-state index >= 15 is 0 Å². The van der Waals surface area contributed by atoms with Gasteiger partial charge in [-0.15, -0.1) is 11.3 Å². The van der Waals surface area contributed by atoms with E-state index in [9.17, 15) is 23.1 Å². The fraction of sp³-hybridized carbons (Fsp3) is 0.600. The van der Waals surface area contributed by atoms with Crippen LogP contribution in [0.4, 0.5) is 0 Å². The Morgan fingerprint density at radius 2 is 2.00 bits per heavy atom. The number of amides is 1. The molecule has 1 amide bonds. The Morgan fingerprint density at radius 1 is 1.36 bits per heavy atom. The molecular formula is C15H22N2O6S2. The Bertz CT molecular complexity index is 739. The maximum atomic E-state index is 12.5. The maximum Gasteiger partial charge on any atom is 0.331 e. The molecule has 0 bridgehead atoms. The summed E-state index contributed by atoms with van der Waals surface area (Å²) in [4.78, 5) is 24.0. The van der Waals surface area contributed by atoms with E-state index in [1.54, 1.807) is 6.07 Å². The quantitative estimate of drug-likeness (QED) is 0.675. The molecule has 1 aliphatic heterocycles. The second-order valence-corrected chi connectivity index (χ2v) is 9.46. The van der Waals surface area contributed by atoms with Crippen molar-refractivity contribution < 1.29 is 27.9 Å². The van der Waals surface area contributed by atoms with Crippen molar-refractivity contribution in [2.24, 2.45) is 0 Å². The molecule has 0 radical (unpaired) electrons. The molecule has 0 aliphatic carbocycles. The molecule has 2 heterocycles. The molecule has 8 nitrogen and oxygen atoms in total. The van der Waals surface area contributed by atoms with Crippen molar-refractivity contribution in [3.63, 3.8) is 0 Å². The summed E-state index contributed by atoms with van der Waals surface area (Å²) in [7, 11) is -2.16. The first-order valence-electron chi connectivity index (χ1n) is 7.81. The predicted molar refractivity (Wildman–Crippen MR) is 92.1 cm³/mol. The number of nitrogens with one attached hydrogen (secondary N) is 1. The molecule has 1 fully saturated rings. The first kappa shape index (κ1) is 19.8. The summed E-state index contributed by atoms with van der Waals surface area (Å²) >= 11 is 1.03. The monoisotopic (exact) mass is 390 g/mol. The highest BCUT2D eigenvalue weighted by atomic mass is 32.2. The van der Waals surface area contributed by atoms with Gasteiger partial charge in [0.05, 0.1) is 13.0 Å². The third kappa shape index (κ3) is 4.57. The second kappa shape index (κ2) is 7.81. The average Bonchev–Trinajstić information content (AvgIpc) is 3.18. The molecule has 25 heavy (non-hydrogen) atoms. The zero-order chi connectivity index (χ0) is 18.7. The van der Waals surface area contributed by atoms with Crippen LogP contribution >= 0.6 is 11.3 Å². The zero-order valence-corrected chi connectivity index (χ0v) is 15.8. The number of hydrogen-bond donors (Lipinski definition) is 2. The minimum absolute atomic E-state index is 0.0905. The van der Waals surface area contributed by atoms with Crippen LogP contribution in [0.2, 0.25) is 0 Å². The number of thiophene rings is 1. The molecule has 1 aromatic rings. The van der Waals surface area contributed by atoms with Gasteiger partial charge in [0.15, 0.2) is 5.54 Å². The van der Waals surface area contributed by atoms with Crippen LogP contribution in [0.25, 0.3) is 0 Å². The van der Waals surface area contributed by atoms with E-state index in [0.29, 0.717) is 18.0 Å². The van der Waals surface area contributed by atoms with Gasteiger partial charge in [0.2, 0.25) is 5.91 Å². The van der Waals surface area contributed by atoms with Crippen molar-refractivity contribution in [3.05, 3.63) is 17.0 Å². The lowest BCUT2D eigenvalue weighted by molar-refractivity contribution is -0.149. The molecule has 0 saturated carbocycles. The van der Waals surface area contributed by atoms with E-state index in [-0.39, 0.29) is 17.2 Å². The Hall–Kier alpha value is -1.49. The van der Waals surface area contributed by atoms with Crippen molar-refractivity contribution in [2.75, 3.05) is 26.8 Å². The number of carboxylic acids is 1. The van der Waals surface area contributed by atoms with Gasteiger partial charge in [0.1, 0.15) is 4.21 Å². The fourth-order valence-corrected chi connectivity index (χ4v) is 5.62. The van der Waals surface area contributed by atoms with Crippen LogP contribution < -0.4 is 5.32 Å². The van der Waals surface area contributed by atoms with E-state index in [1.807, 2.05) is 0 Å². The Labute approximate surface area is 150 Å². The van der Waals surface area contributed by atoms with Gasteiger partial charge in [0.25, 0.3) is 10.0 Å². The zero-order valence-electron chi connectivity index (χ0n) is 14.1. The van der Waals surface area contributed by atoms with E-state index < -0.39 is 27.4 Å². The number of ether oxygens (including phenoxy) is 1. The molecule has 0 spiro atoms. The minimum atomic E-state index is -3.50. The number of rotatable bonds is 8. The topological polar surface area (TPSA) is 113 Å². The number of aliphatic carboxylic acids is 1. The Morgan fingerprint density at radius 3 is 2.56 bits per heavy atom. The summed E-state index contributed by atoms with van der Waals surface area (Å²) in [6.45, 7) is 2.22. The summed E-state index contributed by atoms with van der Waals surface area (Å²) in [6, 6.07) is 3.08. The SMILES string of the molecule is COCC(C)(NC(=O)Cc1ccc(S(=O)(=O)N2CCCC2)s1)C(=O)O. The largest absolute Gasteiger partial charge is 0.479 e. The van der Waals surface area contributed by atoms with Crippen LogP contribution in [0.1, 0.15) is 24.6 Å². The summed E-state index contributed by atoms with van der Waals surface area (Å²) in [6.07, 6.45) is 1.62. The first-order valence-corrected chi connectivity index (χ1v) is 10.1. The van der Waals surface area contributed by atoms with Gasteiger partial charge in [-0.05, 0) is 31.9 Å². The van der Waals surface area contributed by atoms with E-state index in [4.69, 9.17) is 4.74 Å². The van der Waals surface area contributed by atoms with Crippen LogP contribution in [-0.2, 0) is 30.8 Å². The van der Waals surface area contributed by atoms with Gasteiger partial charge in [-0.3, -0.25) is 4.79 Å². The third-order valence-electron chi connectivity index (χ3n) is 3.95. The summed E-state index contributed by atoms with van der Waals surface area (Å²) in [5.41, 5.74) is -1.53. The number of carbonyl (C=O) groups is 2. The Kier molecular flexibility index (Phi) is 6.20. The van der Waals surface area contributed by atoms with Crippen molar-refractivity contribution >= 4 is 33.2 Å². The van der Waals surface area contributed by atoms with Gasteiger partial charge in [-0.25, -0.2) is 13.2 Å². The van der Waals surface area contributed by atoms with Gasteiger partial charge in [-0.2, -0.15) is 4.31 Å². The van der Waals surface area contributed by atoms with Crippen molar-refractivity contribution in [1.82, 2.24) is 9.62 Å². The molecule has 1 aliphatic rings. The fourth-order valence-electron chi connectivity index (χ4n) is 2.60. The predicted octanol–water partition coefficient (Wildman–Crippen LogP) is 0.681. The number of methoxy groups -OCH3 is 1. The number of nitrogens with zero attached hydrogens (tertiary/aromatic N) is 1. The number of carbonyl (C=O) groups excluding carboxylic acids is 1. The van der Waals surface area contributed by atoms with Crippen LogP contribution in [0.15, 0.2) is 16.3 Å². The van der Waals surface area contributed by atoms with Crippen LogP contribution in [0.5, 0.6) is 0 Å². The number of carboxylic acid groups (broad SMARTS) is 1. The molecule has 1 unspecified atom stereocenters. The van der Waals surface area contributed by atoms with Crippen LogP contribution in [0.3, 0.4) is 0 Å². The molecule has 2 rings (SSSR count). The van der Waals surface area contributed by atoms with E-state index in [0.717, 1.165) is 24.2 Å². The highest BCUT2D eigenvalue weighted by Crippen LogP contribution is 2.27. The van der Waals surface area contributed by atoms with Crippen LogP contribution in [-0.4, -0.2) is 62.1 Å². The molecule has 1 atom stereocenters. The lowest BCUT2D eigenvalue weighted by Gasteiger charge is -2.25. The summed E-state index contributed by atoms with van der Waals surface area (Å²) < 4.78 is 31.5. The lowest BCUT2D eigenvalue weighted by atomic mass is 10.0. The lowest BCUT2D eigenvalue weighted by Crippen LogP contribution is -2.55. The summed E-state index contributed by atoms with van der Waals surface area (Å²) in [5.74, 6) is -1.71. The highest BCUT2D eigenvalue weighted by molar-refractivity contribution is 7.91. The summed E-state index contributed by atoms with van der Waals surface area (Å²) in [5, 5.41) is 11.7. The highest BCUT2D eigenvalue weighted by Gasteiger charge is 2.35. The molecule has 2 N–H and O–H groups in total. The van der Waals surface area contributed by atoms with Gasteiger partial charge in [-0.1, -0.05) is 0 Å². The molecule has 1 aromatic heterocycles. The second-order valence-electron chi connectivity index (χ2n) is 6.13. The van der Waals surface area contributed by atoms with Crippen molar-refractivity contribution in [2.45, 2.75) is 35.9 Å². The van der Waals surface area contributed by atoms with Gasteiger partial charge in [0, 0.05) is 25.1 Å². The van der Waals surface area contributed by atoms with E-state index in [2.05, 4.69) is 5.32 Å². The van der Waals surface area contributed by atoms with Crippen molar-refractivity contribution in [1.29, 1.82) is 0 Å². The minimum Gasteiger partial charge on any atom is -0.479 e. The standard InChI is InChI=1S/C15H22N2O6S2/c1-15(10-23-2,14(19)20)16-12(18)9-11-5-6-13(24-11)25(21,22)17-7-3-4-8-17/h5-6H,3-4,7-10H2,1-2H3,(H,16,18)(H,19,20). The first-order chi connectivity index (χ1) is 11.7.